The molecule has 0 bridgehead atoms. The predicted molar refractivity (Wildman–Crippen MR) is 134 cm³/mol. The third-order valence-corrected chi connectivity index (χ3v) is 6.22. The van der Waals surface area contributed by atoms with Crippen LogP contribution in [0.3, 0.4) is 0 Å². The number of likely N-dealkylation sites (tertiary alicyclic amines) is 1. The molecule has 0 radical (unpaired) electrons. The maximum absolute atomic E-state index is 12.6. The van der Waals surface area contributed by atoms with Crippen LogP contribution in [0.15, 0.2) is 73.6 Å². The highest BCUT2D eigenvalue weighted by Crippen LogP contribution is 2.33. The second kappa shape index (κ2) is 9.38. The fourth-order valence-electron chi connectivity index (χ4n) is 4.50. The van der Waals surface area contributed by atoms with Crippen molar-refractivity contribution < 1.29 is 9.59 Å². The Kier molecular flexibility index (Phi) is 5.97. The van der Waals surface area contributed by atoms with Crippen LogP contribution in [-0.2, 0) is 4.79 Å². The molecule has 5 rings (SSSR count). The largest absolute Gasteiger partial charge is 0.369 e. The number of hydrogen-bond donors (Lipinski definition) is 2. The van der Waals surface area contributed by atoms with Gasteiger partial charge in [0, 0.05) is 42.5 Å². The van der Waals surface area contributed by atoms with E-state index in [0.717, 1.165) is 29.6 Å². The molecule has 9 heteroatoms. The first-order chi connectivity index (χ1) is 17.0. The van der Waals surface area contributed by atoms with Gasteiger partial charge < -0.3 is 16.0 Å². The van der Waals surface area contributed by atoms with Gasteiger partial charge >= 0.3 is 0 Å². The number of nitrogens with zero attached hydrogens (tertiary/aromatic N) is 5. The molecule has 3 N–H and O–H groups in total. The summed E-state index contributed by atoms with van der Waals surface area (Å²) in [5, 5.41) is 2.78. The van der Waals surface area contributed by atoms with Crippen molar-refractivity contribution in [2.75, 3.05) is 24.1 Å². The van der Waals surface area contributed by atoms with Gasteiger partial charge in [0.1, 0.15) is 11.6 Å². The molecule has 176 valence electrons. The number of carbonyl (C=O) groups is 2. The average molecular weight is 468 g/mol. The Bertz CT molecular complexity index is 1400. The predicted octanol–water partition coefficient (Wildman–Crippen LogP) is 3.52. The van der Waals surface area contributed by atoms with Crippen LogP contribution in [0.2, 0.25) is 0 Å². The number of amides is 2. The van der Waals surface area contributed by atoms with E-state index >= 15 is 0 Å². The molecule has 4 aromatic rings. The second-order valence-corrected chi connectivity index (χ2v) is 8.42. The summed E-state index contributed by atoms with van der Waals surface area (Å²) in [6.45, 7) is 4.90. The summed E-state index contributed by atoms with van der Waals surface area (Å²) in [5.41, 5.74) is 9.31. The Morgan fingerprint density at radius 3 is 2.66 bits per heavy atom. The van der Waals surface area contributed by atoms with Gasteiger partial charge in [0.15, 0.2) is 0 Å². The molecule has 0 spiro atoms. The number of fused-ring (bicyclic) bond motifs is 1. The molecule has 0 aliphatic carbocycles. The van der Waals surface area contributed by atoms with E-state index in [0.29, 0.717) is 36.2 Å². The number of anilines is 2. The first-order valence-electron chi connectivity index (χ1n) is 11.4. The van der Waals surface area contributed by atoms with E-state index in [2.05, 4.69) is 21.9 Å². The second-order valence-electron chi connectivity index (χ2n) is 8.42. The quantitative estimate of drug-likeness (QED) is 0.434. The molecule has 35 heavy (non-hydrogen) atoms. The summed E-state index contributed by atoms with van der Waals surface area (Å²) in [6.07, 6.45) is 6.45. The molecular formula is C26H25N7O2. The maximum Gasteiger partial charge on any atom is 0.256 e. The van der Waals surface area contributed by atoms with Crippen molar-refractivity contribution in [2.45, 2.75) is 18.8 Å². The van der Waals surface area contributed by atoms with E-state index < -0.39 is 0 Å². The van der Waals surface area contributed by atoms with Crippen LogP contribution in [0.4, 0.5) is 11.8 Å². The highest BCUT2D eigenvalue weighted by Gasteiger charge is 2.28. The van der Waals surface area contributed by atoms with E-state index in [9.17, 15) is 9.59 Å². The molecule has 4 heterocycles. The van der Waals surface area contributed by atoms with E-state index in [4.69, 9.17) is 10.7 Å². The van der Waals surface area contributed by atoms with Gasteiger partial charge in [-0.1, -0.05) is 24.8 Å². The molecule has 1 saturated heterocycles. The Labute approximate surface area is 202 Å². The van der Waals surface area contributed by atoms with Crippen LogP contribution >= 0.6 is 0 Å². The number of benzene rings is 1. The normalized spacial score (nSPS) is 15.7. The lowest BCUT2D eigenvalue weighted by Crippen LogP contribution is -2.38. The smallest absolute Gasteiger partial charge is 0.256 e. The lowest BCUT2D eigenvalue weighted by molar-refractivity contribution is -0.127. The van der Waals surface area contributed by atoms with Crippen molar-refractivity contribution in [1.82, 2.24) is 24.3 Å². The summed E-state index contributed by atoms with van der Waals surface area (Å²) in [7, 11) is 0. The summed E-state index contributed by atoms with van der Waals surface area (Å²) in [6, 6.07) is 14.4. The lowest BCUT2D eigenvalue weighted by atomic mass is 9.94. The monoisotopic (exact) mass is 467 g/mol. The van der Waals surface area contributed by atoms with Gasteiger partial charge in [0.25, 0.3) is 5.91 Å². The topological polar surface area (TPSA) is 119 Å². The standard InChI is InChI=1S/C26H25N7O2/c1-2-22(34)32-15-5-6-19(16-32)23-20-12-14-29-26(27)33(20)24(31-23)17-8-10-18(11-9-17)25(35)30-21-7-3-4-13-28-21/h2-4,7-14,19H,1,5-6,15-16H2,(H2,27,29)(H,28,30,35)/t19-/m1/s1. The zero-order valence-electron chi connectivity index (χ0n) is 19.1. The summed E-state index contributed by atoms with van der Waals surface area (Å²) in [5.74, 6) is 1.20. The van der Waals surface area contributed by atoms with Crippen LogP contribution in [-0.4, -0.2) is 49.2 Å². The molecule has 1 aliphatic heterocycles. The number of piperidine rings is 1. The molecule has 2 amide bonds. The third kappa shape index (κ3) is 4.35. The van der Waals surface area contributed by atoms with Crippen molar-refractivity contribution in [3.63, 3.8) is 0 Å². The molecule has 1 aromatic carbocycles. The summed E-state index contributed by atoms with van der Waals surface area (Å²) >= 11 is 0. The number of nitrogen functional groups attached to an aromatic ring is 1. The van der Waals surface area contributed by atoms with Crippen LogP contribution in [0.1, 0.15) is 34.8 Å². The first-order valence-corrected chi connectivity index (χ1v) is 11.4. The number of pyridine rings is 1. The molecule has 9 nitrogen and oxygen atoms in total. The minimum Gasteiger partial charge on any atom is -0.369 e. The summed E-state index contributed by atoms with van der Waals surface area (Å²) < 4.78 is 1.83. The van der Waals surface area contributed by atoms with Crippen molar-refractivity contribution in [1.29, 1.82) is 0 Å². The van der Waals surface area contributed by atoms with Gasteiger partial charge in [-0.05, 0) is 49.2 Å². The summed E-state index contributed by atoms with van der Waals surface area (Å²) in [4.78, 5) is 40.0. The van der Waals surface area contributed by atoms with Gasteiger partial charge in [-0.2, -0.15) is 0 Å². The highest BCUT2D eigenvalue weighted by molar-refractivity contribution is 6.04. The Morgan fingerprint density at radius 1 is 1.09 bits per heavy atom. The van der Waals surface area contributed by atoms with Crippen molar-refractivity contribution in [2.24, 2.45) is 0 Å². The van der Waals surface area contributed by atoms with Gasteiger partial charge in [-0.25, -0.2) is 15.0 Å². The number of carbonyl (C=O) groups excluding carboxylic acids is 2. The zero-order valence-corrected chi connectivity index (χ0v) is 19.1. The van der Waals surface area contributed by atoms with Crippen LogP contribution in [0.5, 0.6) is 0 Å². The van der Waals surface area contributed by atoms with Crippen LogP contribution in [0, 0.1) is 0 Å². The lowest BCUT2D eigenvalue weighted by Gasteiger charge is -2.31. The van der Waals surface area contributed by atoms with E-state index in [1.54, 1.807) is 36.7 Å². The number of rotatable bonds is 5. The van der Waals surface area contributed by atoms with E-state index in [-0.39, 0.29) is 17.7 Å². The SMILES string of the molecule is C=CC(=O)N1CCC[C@@H](c2nc(-c3ccc(C(=O)Nc4ccccn4)cc3)n3c(N)nccc23)C1. The number of nitrogens with two attached hydrogens (primary N) is 1. The van der Waals surface area contributed by atoms with Crippen LogP contribution in [0.25, 0.3) is 16.9 Å². The number of nitrogens with one attached hydrogen (secondary N) is 1. The van der Waals surface area contributed by atoms with Gasteiger partial charge in [0.2, 0.25) is 11.9 Å². The molecular weight excluding hydrogens is 442 g/mol. The number of aromatic nitrogens is 4. The third-order valence-electron chi connectivity index (χ3n) is 6.22. The van der Waals surface area contributed by atoms with E-state index in [1.807, 2.05) is 33.6 Å². The van der Waals surface area contributed by atoms with Crippen molar-refractivity contribution in [3.8, 4) is 11.4 Å². The average Bonchev–Trinajstić information content (AvgIpc) is 3.30. The van der Waals surface area contributed by atoms with Gasteiger partial charge in [0.05, 0.1) is 11.2 Å². The highest BCUT2D eigenvalue weighted by atomic mass is 16.2. The maximum atomic E-state index is 12.6. The van der Waals surface area contributed by atoms with Crippen molar-refractivity contribution in [3.05, 3.63) is 84.8 Å². The first kappa shape index (κ1) is 22.3. The number of imidazole rings is 1. The Morgan fingerprint density at radius 2 is 1.91 bits per heavy atom. The molecule has 1 fully saturated rings. The minimum absolute atomic E-state index is 0.0702. The van der Waals surface area contributed by atoms with Crippen LogP contribution < -0.4 is 11.1 Å². The molecule has 1 aliphatic rings. The van der Waals surface area contributed by atoms with Gasteiger partial charge in [-0.3, -0.25) is 14.0 Å². The zero-order chi connectivity index (χ0) is 24.4. The molecule has 0 saturated carbocycles. The fourth-order valence-corrected chi connectivity index (χ4v) is 4.50. The fraction of sp³-hybridized carbons (Fsp3) is 0.192. The van der Waals surface area contributed by atoms with E-state index in [1.165, 1.54) is 6.08 Å². The van der Waals surface area contributed by atoms with Gasteiger partial charge in [-0.15, -0.1) is 0 Å². The molecule has 3 aromatic heterocycles. The minimum atomic E-state index is -0.251. The molecule has 0 unspecified atom stereocenters. The van der Waals surface area contributed by atoms with Crippen molar-refractivity contribution >= 4 is 29.1 Å². The Balaban J connectivity index is 1.47. The number of hydrogen-bond acceptors (Lipinski definition) is 6. The molecule has 1 atom stereocenters. The Hall–Kier alpha value is -4.53.